The third-order valence-corrected chi connectivity index (χ3v) is 4.24. The number of hydrogen-bond donors (Lipinski definition) is 2. The number of aryl methyl sites for hydroxylation is 2. The van der Waals surface area contributed by atoms with Crippen molar-refractivity contribution < 1.29 is 9.84 Å². The largest absolute Gasteiger partial charge is 0.507 e. The van der Waals surface area contributed by atoms with Crippen molar-refractivity contribution in [1.82, 2.24) is 25.1 Å². The van der Waals surface area contributed by atoms with Gasteiger partial charge in [0.2, 0.25) is 0 Å². The fourth-order valence-electron chi connectivity index (χ4n) is 2.98. The number of hydrogen-bond acceptors (Lipinski definition) is 6. The molecule has 0 saturated heterocycles. The highest BCUT2D eigenvalue weighted by Crippen LogP contribution is 2.39. The van der Waals surface area contributed by atoms with E-state index < -0.39 is 0 Å². The molecule has 4 aromatic rings. The first-order chi connectivity index (χ1) is 12.6. The van der Waals surface area contributed by atoms with Gasteiger partial charge < -0.3 is 9.84 Å². The first-order valence-corrected chi connectivity index (χ1v) is 8.09. The summed E-state index contributed by atoms with van der Waals surface area (Å²) in [7, 11) is 1.56. The number of rotatable bonds is 3. The van der Waals surface area contributed by atoms with E-state index in [0.29, 0.717) is 28.3 Å². The van der Waals surface area contributed by atoms with Crippen LogP contribution in [0.25, 0.3) is 33.5 Å². The van der Waals surface area contributed by atoms with Gasteiger partial charge in [-0.3, -0.25) is 15.1 Å². The Morgan fingerprint density at radius 2 is 1.92 bits per heavy atom. The first kappa shape index (κ1) is 16.0. The molecule has 0 aliphatic carbocycles. The summed E-state index contributed by atoms with van der Waals surface area (Å²) in [5.74, 6) is 0.620. The SMILES string of the molecule is COc1cccc(O)c1-c1cc(-c2cnc(C)cn2)c2c(C)[nH]nc2n1. The van der Waals surface area contributed by atoms with Gasteiger partial charge in [0.15, 0.2) is 5.65 Å². The number of phenolic OH excluding ortho intramolecular Hbond substituents is 1. The van der Waals surface area contributed by atoms with Crippen LogP contribution in [0.15, 0.2) is 36.7 Å². The lowest BCUT2D eigenvalue weighted by Crippen LogP contribution is -1.95. The fraction of sp³-hybridized carbons (Fsp3) is 0.158. The standard InChI is InChI=1S/C19H17N5O2/c1-10-8-21-14(9-20-10)12-7-13(22-19-17(12)11(2)23-24-19)18-15(25)5-4-6-16(18)26-3/h4-9,25H,1-3H3,(H,22,23,24). The maximum atomic E-state index is 10.4. The number of methoxy groups -OCH3 is 1. The topological polar surface area (TPSA) is 96.8 Å². The van der Waals surface area contributed by atoms with E-state index in [1.807, 2.05) is 19.9 Å². The van der Waals surface area contributed by atoms with Gasteiger partial charge >= 0.3 is 0 Å². The number of nitrogens with one attached hydrogen (secondary N) is 1. The van der Waals surface area contributed by atoms with Crippen molar-refractivity contribution in [1.29, 1.82) is 0 Å². The number of benzene rings is 1. The summed E-state index contributed by atoms with van der Waals surface area (Å²) in [6, 6.07) is 6.98. The molecule has 7 heteroatoms. The Morgan fingerprint density at radius 1 is 1.08 bits per heavy atom. The third kappa shape index (κ3) is 2.54. The van der Waals surface area contributed by atoms with Crippen LogP contribution < -0.4 is 4.74 Å². The number of nitrogens with zero attached hydrogens (tertiary/aromatic N) is 4. The lowest BCUT2D eigenvalue weighted by Gasteiger charge is -2.12. The van der Waals surface area contributed by atoms with Crippen LogP contribution in [0.4, 0.5) is 0 Å². The van der Waals surface area contributed by atoms with Crippen LogP contribution in [0.5, 0.6) is 11.5 Å². The molecule has 7 nitrogen and oxygen atoms in total. The second-order valence-electron chi connectivity index (χ2n) is 6.00. The Bertz CT molecular complexity index is 1100. The summed E-state index contributed by atoms with van der Waals surface area (Å²) in [4.78, 5) is 13.4. The molecule has 26 heavy (non-hydrogen) atoms. The van der Waals surface area contributed by atoms with Crippen molar-refractivity contribution in [3.63, 3.8) is 0 Å². The summed E-state index contributed by atoms with van der Waals surface area (Å²) < 4.78 is 5.40. The summed E-state index contributed by atoms with van der Waals surface area (Å²) >= 11 is 0. The lowest BCUT2D eigenvalue weighted by molar-refractivity contribution is 0.410. The van der Waals surface area contributed by atoms with Crippen molar-refractivity contribution in [2.75, 3.05) is 7.11 Å². The number of ether oxygens (including phenoxy) is 1. The fourth-order valence-corrected chi connectivity index (χ4v) is 2.98. The normalized spacial score (nSPS) is 11.0. The Balaban J connectivity index is 2.04. The Hall–Kier alpha value is -3.48. The Morgan fingerprint density at radius 3 is 2.65 bits per heavy atom. The minimum absolute atomic E-state index is 0.0874. The molecule has 0 unspecified atom stereocenters. The van der Waals surface area contributed by atoms with Crippen LogP contribution >= 0.6 is 0 Å². The maximum absolute atomic E-state index is 10.4. The number of phenols is 1. The maximum Gasteiger partial charge on any atom is 0.182 e. The van der Waals surface area contributed by atoms with E-state index in [2.05, 4.69) is 25.1 Å². The molecule has 3 aromatic heterocycles. The van der Waals surface area contributed by atoms with E-state index in [1.54, 1.807) is 37.7 Å². The minimum Gasteiger partial charge on any atom is -0.507 e. The zero-order valence-electron chi connectivity index (χ0n) is 14.6. The van der Waals surface area contributed by atoms with Gasteiger partial charge in [0.25, 0.3) is 0 Å². The second kappa shape index (κ2) is 6.11. The third-order valence-electron chi connectivity index (χ3n) is 4.24. The number of H-pyrrole nitrogens is 1. The van der Waals surface area contributed by atoms with Crippen molar-refractivity contribution in [2.45, 2.75) is 13.8 Å². The highest BCUT2D eigenvalue weighted by Gasteiger charge is 2.19. The van der Waals surface area contributed by atoms with Gasteiger partial charge in [-0.2, -0.15) is 5.10 Å². The molecular weight excluding hydrogens is 330 g/mol. The summed E-state index contributed by atoms with van der Waals surface area (Å²) in [5, 5.41) is 18.5. The van der Waals surface area contributed by atoms with Crippen molar-refractivity contribution in [3.8, 4) is 34.0 Å². The number of pyridine rings is 1. The molecule has 3 heterocycles. The van der Waals surface area contributed by atoms with Gasteiger partial charge in [0.05, 0.1) is 41.3 Å². The molecule has 0 spiro atoms. The number of fused-ring (bicyclic) bond motifs is 1. The smallest absolute Gasteiger partial charge is 0.182 e. The molecule has 1 aromatic carbocycles. The molecule has 130 valence electrons. The van der Waals surface area contributed by atoms with Crippen LogP contribution in [0.3, 0.4) is 0 Å². The van der Waals surface area contributed by atoms with Crippen LogP contribution in [0.1, 0.15) is 11.4 Å². The van der Waals surface area contributed by atoms with Crippen LogP contribution in [-0.2, 0) is 0 Å². The van der Waals surface area contributed by atoms with Gasteiger partial charge in [-0.25, -0.2) is 4.98 Å². The van der Waals surface area contributed by atoms with Crippen molar-refractivity contribution in [2.24, 2.45) is 0 Å². The van der Waals surface area contributed by atoms with Gasteiger partial charge in [0.1, 0.15) is 11.5 Å². The minimum atomic E-state index is 0.0874. The van der Waals surface area contributed by atoms with E-state index in [9.17, 15) is 5.11 Å². The van der Waals surface area contributed by atoms with Gasteiger partial charge in [0, 0.05) is 17.5 Å². The quantitative estimate of drug-likeness (QED) is 0.589. The molecule has 0 atom stereocenters. The van der Waals surface area contributed by atoms with Crippen LogP contribution in [0.2, 0.25) is 0 Å². The second-order valence-corrected chi connectivity index (χ2v) is 6.00. The number of aromatic amines is 1. The summed E-state index contributed by atoms with van der Waals surface area (Å²) in [6.45, 7) is 3.82. The number of aromatic nitrogens is 5. The monoisotopic (exact) mass is 347 g/mol. The molecule has 0 fully saturated rings. The molecular formula is C19H17N5O2. The molecule has 0 aliphatic rings. The van der Waals surface area contributed by atoms with Gasteiger partial charge in [-0.05, 0) is 32.0 Å². The van der Waals surface area contributed by atoms with Crippen molar-refractivity contribution >= 4 is 11.0 Å². The van der Waals surface area contributed by atoms with Crippen LogP contribution in [-0.4, -0.2) is 37.4 Å². The van der Waals surface area contributed by atoms with Crippen molar-refractivity contribution in [3.05, 3.63) is 48.0 Å². The average molecular weight is 347 g/mol. The lowest BCUT2D eigenvalue weighted by atomic mass is 10.0. The summed E-state index contributed by atoms with van der Waals surface area (Å²) in [5.41, 5.74) is 4.89. The predicted molar refractivity (Wildman–Crippen MR) is 98.0 cm³/mol. The molecule has 0 bridgehead atoms. The van der Waals surface area contributed by atoms with Gasteiger partial charge in [-0.1, -0.05) is 6.07 Å². The van der Waals surface area contributed by atoms with E-state index in [1.165, 1.54) is 0 Å². The number of aromatic hydroxyl groups is 1. The highest BCUT2D eigenvalue weighted by atomic mass is 16.5. The molecule has 2 N–H and O–H groups in total. The van der Waals surface area contributed by atoms with E-state index >= 15 is 0 Å². The average Bonchev–Trinajstić information content (AvgIpc) is 3.02. The zero-order chi connectivity index (χ0) is 18.3. The zero-order valence-corrected chi connectivity index (χ0v) is 14.6. The van der Waals surface area contributed by atoms with E-state index in [0.717, 1.165) is 22.3 Å². The molecule has 0 saturated carbocycles. The summed E-state index contributed by atoms with van der Waals surface area (Å²) in [6.07, 6.45) is 3.44. The highest BCUT2D eigenvalue weighted by molar-refractivity contribution is 5.96. The van der Waals surface area contributed by atoms with Crippen LogP contribution in [0, 0.1) is 13.8 Å². The molecule has 0 aliphatic heterocycles. The van der Waals surface area contributed by atoms with E-state index in [-0.39, 0.29) is 5.75 Å². The molecule has 0 radical (unpaired) electrons. The predicted octanol–water partition coefficient (Wildman–Crippen LogP) is 3.41. The molecule has 4 rings (SSSR count). The Kier molecular flexibility index (Phi) is 3.76. The van der Waals surface area contributed by atoms with Gasteiger partial charge in [-0.15, -0.1) is 0 Å². The first-order valence-electron chi connectivity index (χ1n) is 8.09. The molecule has 0 amide bonds. The Labute approximate surface area is 149 Å². The van der Waals surface area contributed by atoms with E-state index in [4.69, 9.17) is 4.74 Å².